The van der Waals surface area contributed by atoms with Crippen LogP contribution >= 0.6 is 0 Å². The second-order valence-electron chi connectivity index (χ2n) is 8.04. The molecular formula is C22H30N2O3. The van der Waals surface area contributed by atoms with Crippen molar-refractivity contribution in [2.24, 2.45) is 5.41 Å². The van der Waals surface area contributed by atoms with Gasteiger partial charge in [0.15, 0.2) is 0 Å². The quantitative estimate of drug-likeness (QED) is 0.745. The number of nitrogens with zero attached hydrogens (tertiary/aromatic N) is 2. The topological polar surface area (TPSA) is 42.0 Å². The van der Waals surface area contributed by atoms with Crippen molar-refractivity contribution in [2.45, 2.75) is 25.4 Å². The Balaban J connectivity index is 1.25. The lowest BCUT2D eigenvalue weighted by molar-refractivity contribution is -0.151. The third kappa shape index (κ3) is 4.60. The van der Waals surface area contributed by atoms with Gasteiger partial charge in [0.05, 0.1) is 18.6 Å². The highest BCUT2D eigenvalue weighted by Gasteiger charge is 2.50. The van der Waals surface area contributed by atoms with Crippen LogP contribution in [0, 0.1) is 5.41 Å². The van der Waals surface area contributed by atoms with Crippen molar-refractivity contribution < 1.29 is 14.3 Å². The molecule has 0 bridgehead atoms. The molecule has 4 rings (SSSR count). The van der Waals surface area contributed by atoms with Gasteiger partial charge in [0.1, 0.15) is 6.10 Å². The van der Waals surface area contributed by atoms with E-state index in [0.29, 0.717) is 0 Å². The SMILES string of the molecule is O=C1OC(CN2CCOCC2)CC12CCN(C/C=C/c1ccccc1)CC2. The van der Waals surface area contributed by atoms with Gasteiger partial charge >= 0.3 is 5.97 Å². The van der Waals surface area contributed by atoms with Crippen molar-refractivity contribution in [2.75, 3.05) is 52.5 Å². The zero-order chi connectivity index (χ0) is 18.5. The second kappa shape index (κ2) is 8.55. The van der Waals surface area contributed by atoms with Gasteiger partial charge in [-0.2, -0.15) is 0 Å². The zero-order valence-corrected chi connectivity index (χ0v) is 16.0. The van der Waals surface area contributed by atoms with Crippen molar-refractivity contribution in [1.29, 1.82) is 0 Å². The van der Waals surface area contributed by atoms with E-state index in [0.717, 1.165) is 71.7 Å². The molecule has 1 aromatic rings. The fourth-order valence-corrected chi connectivity index (χ4v) is 4.48. The Morgan fingerprint density at radius 3 is 2.52 bits per heavy atom. The molecule has 0 radical (unpaired) electrons. The number of rotatable bonds is 5. The fraction of sp³-hybridized carbons (Fsp3) is 0.591. The number of ether oxygens (including phenoxy) is 2. The van der Waals surface area contributed by atoms with Gasteiger partial charge in [-0.3, -0.25) is 14.6 Å². The van der Waals surface area contributed by atoms with Gasteiger partial charge in [-0.15, -0.1) is 0 Å². The molecule has 1 spiro atoms. The molecule has 0 aliphatic carbocycles. The Bertz CT molecular complexity index is 647. The molecule has 3 heterocycles. The number of piperidine rings is 1. The number of morpholine rings is 1. The van der Waals surface area contributed by atoms with Crippen LogP contribution in [0.15, 0.2) is 36.4 Å². The molecule has 3 aliphatic rings. The Hall–Kier alpha value is -1.69. The van der Waals surface area contributed by atoms with E-state index in [4.69, 9.17) is 9.47 Å². The highest BCUT2D eigenvalue weighted by atomic mass is 16.6. The average Bonchev–Trinajstić information content (AvgIpc) is 3.00. The first-order valence-corrected chi connectivity index (χ1v) is 10.2. The molecular weight excluding hydrogens is 340 g/mol. The number of likely N-dealkylation sites (tertiary alicyclic amines) is 1. The zero-order valence-electron chi connectivity index (χ0n) is 16.0. The molecule has 1 aromatic carbocycles. The van der Waals surface area contributed by atoms with E-state index < -0.39 is 0 Å². The predicted molar refractivity (Wildman–Crippen MR) is 105 cm³/mol. The normalized spacial score (nSPS) is 26.7. The monoisotopic (exact) mass is 370 g/mol. The van der Waals surface area contributed by atoms with Gasteiger partial charge in [0, 0.05) is 32.6 Å². The summed E-state index contributed by atoms with van der Waals surface area (Å²) in [5.41, 5.74) is 0.993. The standard InChI is InChI=1S/C22H30N2O3/c25-21-22(17-20(27-21)18-24-13-15-26-16-14-24)8-11-23(12-9-22)10-4-7-19-5-2-1-3-6-19/h1-7,20H,8-18H2/b7-4+. The number of cyclic esters (lactones) is 1. The van der Waals surface area contributed by atoms with Gasteiger partial charge in [-0.1, -0.05) is 42.5 Å². The van der Waals surface area contributed by atoms with Crippen molar-refractivity contribution in [3.8, 4) is 0 Å². The maximum atomic E-state index is 12.6. The van der Waals surface area contributed by atoms with Crippen LogP contribution in [0.1, 0.15) is 24.8 Å². The van der Waals surface area contributed by atoms with Gasteiger partial charge in [-0.05, 0) is 31.5 Å². The van der Waals surface area contributed by atoms with Crippen LogP contribution < -0.4 is 0 Å². The van der Waals surface area contributed by atoms with E-state index in [1.807, 2.05) is 6.07 Å². The van der Waals surface area contributed by atoms with Crippen molar-refractivity contribution in [1.82, 2.24) is 9.80 Å². The molecule has 3 aliphatic heterocycles. The Kier molecular flexibility index (Phi) is 5.91. The summed E-state index contributed by atoms with van der Waals surface area (Å²) >= 11 is 0. The summed E-state index contributed by atoms with van der Waals surface area (Å²) in [6.07, 6.45) is 7.18. The third-order valence-corrected chi connectivity index (χ3v) is 6.18. The molecule has 5 heteroatoms. The van der Waals surface area contributed by atoms with Crippen molar-refractivity contribution in [3.63, 3.8) is 0 Å². The summed E-state index contributed by atoms with van der Waals surface area (Å²) < 4.78 is 11.2. The van der Waals surface area contributed by atoms with E-state index in [1.165, 1.54) is 5.56 Å². The lowest BCUT2D eigenvalue weighted by Crippen LogP contribution is -2.43. The largest absolute Gasteiger partial charge is 0.461 e. The van der Waals surface area contributed by atoms with Gasteiger partial charge in [0.2, 0.25) is 0 Å². The molecule has 146 valence electrons. The number of carbonyl (C=O) groups excluding carboxylic acids is 1. The minimum atomic E-state index is -0.239. The van der Waals surface area contributed by atoms with Gasteiger partial charge < -0.3 is 9.47 Å². The van der Waals surface area contributed by atoms with Crippen LogP contribution in [0.4, 0.5) is 0 Å². The lowest BCUT2D eigenvalue weighted by Gasteiger charge is -2.36. The van der Waals surface area contributed by atoms with Crippen LogP contribution in [0.3, 0.4) is 0 Å². The molecule has 0 saturated carbocycles. The highest BCUT2D eigenvalue weighted by Crippen LogP contribution is 2.43. The summed E-state index contributed by atoms with van der Waals surface area (Å²) in [4.78, 5) is 17.4. The van der Waals surface area contributed by atoms with Crippen molar-refractivity contribution >= 4 is 12.0 Å². The molecule has 0 amide bonds. The lowest BCUT2D eigenvalue weighted by atomic mass is 9.76. The van der Waals surface area contributed by atoms with Crippen molar-refractivity contribution in [3.05, 3.63) is 42.0 Å². The molecule has 0 N–H and O–H groups in total. The summed E-state index contributed by atoms with van der Waals surface area (Å²) in [5.74, 6) is 0.0419. The molecule has 3 fully saturated rings. The first-order chi connectivity index (χ1) is 13.2. The number of esters is 1. The summed E-state index contributed by atoms with van der Waals surface area (Å²) in [6, 6.07) is 10.4. The summed E-state index contributed by atoms with van der Waals surface area (Å²) in [6.45, 7) is 7.22. The summed E-state index contributed by atoms with van der Waals surface area (Å²) in [7, 11) is 0. The van der Waals surface area contributed by atoms with Crippen LogP contribution in [-0.2, 0) is 14.3 Å². The average molecular weight is 370 g/mol. The highest BCUT2D eigenvalue weighted by molar-refractivity contribution is 5.79. The Labute approximate surface area is 161 Å². The van der Waals surface area contributed by atoms with E-state index in [2.05, 4.69) is 46.2 Å². The van der Waals surface area contributed by atoms with Crippen LogP contribution in [0.2, 0.25) is 0 Å². The van der Waals surface area contributed by atoms with E-state index in [9.17, 15) is 4.79 Å². The van der Waals surface area contributed by atoms with E-state index >= 15 is 0 Å². The number of hydrogen-bond donors (Lipinski definition) is 0. The minimum absolute atomic E-state index is 0.0419. The number of benzene rings is 1. The number of hydrogen-bond acceptors (Lipinski definition) is 5. The maximum absolute atomic E-state index is 12.6. The third-order valence-electron chi connectivity index (χ3n) is 6.18. The molecule has 1 atom stereocenters. The van der Waals surface area contributed by atoms with E-state index in [1.54, 1.807) is 0 Å². The van der Waals surface area contributed by atoms with Gasteiger partial charge in [0.25, 0.3) is 0 Å². The minimum Gasteiger partial charge on any atom is -0.461 e. The second-order valence-corrected chi connectivity index (χ2v) is 8.04. The Morgan fingerprint density at radius 2 is 1.78 bits per heavy atom. The maximum Gasteiger partial charge on any atom is 0.312 e. The van der Waals surface area contributed by atoms with Gasteiger partial charge in [-0.25, -0.2) is 0 Å². The van der Waals surface area contributed by atoms with Crippen LogP contribution in [0.5, 0.6) is 0 Å². The molecule has 1 unspecified atom stereocenters. The first-order valence-electron chi connectivity index (χ1n) is 10.2. The van der Waals surface area contributed by atoms with Crippen LogP contribution in [-0.4, -0.2) is 74.4 Å². The molecule has 5 nitrogen and oxygen atoms in total. The van der Waals surface area contributed by atoms with E-state index in [-0.39, 0.29) is 17.5 Å². The predicted octanol–water partition coefficient (Wildman–Crippen LogP) is 2.43. The summed E-state index contributed by atoms with van der Waals surface area (Å²) in [5, 5.41) is 0. The smallest absolute Gasteiger partial charge is 0.312 e. The first kappa shape index (κ1) is 18.7. The van der Waals surface area contributed by atoms with Crippen LogP contribution in [0.25, 0.3) is 6.08 Å². The fourth-order valence-electron chi connectivity index (χ4n) is 4.48. The Morgan fingerprint density at radius 1 is 1.04 bits per heavy atom. The number of carbonyl (C=O) groups is 1. The molecule has 27 heavy (non-hydrogen) atoms. The molecule has 3 saturated heterocycles. The molecule has 0 aromatic heterocycles.